The van der Waals surface area contributed by atoms with Crippen molar-refractivity contribution in [3.63, 3.8) is 0 Å². The van der Waals surface area contributed by atoms with Crippen LogP contribution >= 0.6 is 0 Å². The first-order chi connectivity index (χ1) is 5.93. The third-order valence-corrected chi connectivity index (χ3v) is 2.82. The Labute approximate surface area is 76.9 Å². The van der Waals surface area contributed by atoms with Gasteiger partial charge in [0.1, 0.15) is 0 Å². The van der Waals surface area contributed by atoms with Crippen LogP contribution in [0, 0.1) is 0 Å². The van der Waals surface area contributed by atoms with Gasteiger partial charge < -0.3 is 5.32 Å². The molecular formula is C11H23N. The highest BCUT2D eigenvalue weighted by molar-refractivity contribution is 4.75. The smallest absolute Gasteiger partial charge is 0.00670 e. The Morgan fingerprint density at radius 2 is 1.83 bits per heavy atom. The van der Waals surface area contributed by atoms with Gasteiger partial charge in [0, 0.05) is 6.04 Å². The van der Waals surface area contributed by atoms with Crippen molar-refractivity contribution in [1.82, 2.24) is 5.32 Å². The van der Waals surface area contributed by atoms with E-state index in [1.807, 2.05) is 0 Å². The Hall–Kier alpha value is -0.0400. The molecule has 0 aromatic rings. The van der Waals surface area contributed by atoms with Crippen LogP contribution in [-0.4, -0.2) is 12.6 Å². The van der Waals surface area contributed by atoms with Gasteiger partial charge in [-0.15, -0.1) is 0 Å². The molecule has 0 radical (unpaired) electrons. The molecule has 1 fully saturated rings. The van der Waals surface area contributed by atoms with Gasteiger partial charge in [0.25, 0.3) is 0 Å². The molecule has 0 aromatic carbocycles. The van der Waals surface area contributed by atoms with Crippen molar-refractivity contribution < 1.29 is 0 Å². The van der Waals surface area contributed by atoms with E-state index in [0.717, 1.165) is 6.04 Å². The molecule has 1 nitrogen and oxygen atoms in total. The lowest BCUT2D eigenvalue weighted by Crippen LogP contribution is -2.35. The molecule has 0 bridgehead atoms. The Balaban J connectivity index is 1.70. The molecule has 1 saturated carbocycles. The van der Waals surface area contributed by atoms with Gasteiger partial charge in [-0.25, -0.2) is 0 Å². The fourth-order valence-electron chi connectivity index (χ4n) is 1.65. The summed E-state index contributed by atoms with van der Waals surface area (Å²) in [4.78, 5) is 0. The molecule has 0 amide bonds. The van der Waals surface area contributed by atoms with Gasteiger partial charge in [0.2, 0.25) is 0 Å². The molecule has 0 aliphatic heterocycles. The zero-order chi connectivity index (χ0) is 8.65. The average molecular weight is 169 g/mol. The lowest BCUT2D eigenvalue weighted by Gasteiger charge is -2.26. The lowest BCUT2D eigenvalue weighted by atomic mass is 9.93. The van der Waals surface area contributed by atoms with Gasteiger partial charge in [-0.1, -0.05) is 39.0 Å². The minimum atomic E-state index is 0.885. The molecular weight excluding hydrogens is 146 g/mol. The van der Waals surface area contributed by atoms with E-state index in [4.69, 9.17) is 0 Å². The van der Waals surface area contributed by atoms with E-state index in [2.05, 4.69) is 12.2 Å². The SMILES string of the molecule is CCCCCCCNC1CCC1. The topological polar surface area (TPSA) is 12.0 Å². The van der Waals surface area contributed by atoms with Crippen LogP contribution in [0.25, 0.3) is 0 Å². The Bertz CT molecular complexity index is 97.2. The summed E-state index contributed by atoms with van der Waals surface area (Å²) in [6, 6.07) is 0.885. The second-order valence-electron chi connectivity index (χ2n) is 4.00. The van der Waals surface area contributed by atoms with Crippen LogP contribution in [0.15, 0.2) is 0 Å². The Morgan fingerprint density at radius 3 is 2.42 bits per heavy atom. The van der Waals surface area contributed by atoms with Gasteiger partial charge in [0.15, 0.2) is 0 Å². The zero-order valence-electron chi connectivity index (χ0n) is 8.44. The van der Waals surface area contributed by atoms with E-state index in [-0.39, 0.29) is 0 Å². The van der Waals surface area contributed by atoms with Crippen LogP contribution in [0.5, 0.6) is 0 Å². The van der Waals surface area contributed by atoms with Crippen molar-refractivity contribution in [3.05, 3.63) is 0 Å². The van der Waals surface area contributed by atoms with Crippen molar-refractivity contribution >= 4 is 0 Å². The lowest BCUT2D eigenvalue weighted by molar-refractivity contribution is 0.337. The molecule has 0 aromatic heterocycles. The van der Waals surface area contributed by atoms with E-state index >= 15 is 0 Å². The molecule has 1 aliphatic rings. The van der Waals surface area contributed by atoms with Crippen LogP contribution in [0.4, 0.5) is 0 Å². The summed E-state index contributed by atoms with van der Waals surface area (Å²) in [7, 11) is 0. The van der Waals surface area contributed by atoms with Gasteiger partial charge in [0.05, 0.1) is 0 Å². The highest BCUT2D eigenvalue weighted by atomic mass is 14.9. The monoisotopic (exact) mass is 169 g/mol. The Kier molecular flexibility index (Phi) is 5.42. The normalized spacial score (nSPS) is 17.8. The summed E-state index contributed by atoms with van der Waals surface area (Å²) in [5.41, 5.74) is 0. The summed E-state index contributed by atoms with van der Waals surface area (Å²) in [5.74, 6) is 0. The summed E-state index contributed by atoms with van der Waals surface area (Å²) in [6.45, 7) is 3.53. The number of unbranched alkanes of at least 4 members (excludes halogenated alkanes) is 4. The number of nitrogens with one attached hydrogen (secondary N) is 1. The van der Waals surface area contributed by atoms with Crippen LogP contribution in [0.3, 0.4) is 0 Å². The number of hydrogen-bond donors (Lipinski definition) is 1. The molecule has 0 unspecified atom stereocenters. The van der Waals surface area contributed by atoms with Crippen molar-refractivity contribution in [2.45, 2.75) is 64.3 Å². The second kappa shape index (κ2) is 6.47. The number of rotatable bonds is 7. The molecule has 0 spiro atoms. The first-order valence-electron chi connectivity index (χ1n) is 5.67. The molecule has 1 N–H and O–H groups in total. The predicted molar refractivity (Wildman–Crippen MR) is 54.4 cm³/mol. The number of hydrogen-bond acceptors (Lipinski definition) is 1. The van der Waals surface area contributed by atoms with Crippen LogP contribution in [0.2, 0.25) is 0 Å². The van der Waals surface area contributed by atoms with E-state index < -0.39 is 0 Å². The third kappa shape index (κ3) is 4.10. The fraction of sp³-hybridized carbons (Fsp3) is 1.00. The molecule has 72 valence electrons. The first kappa shape index (κ1) is 10.0. The summed E-state index contributed by atoms with van der Waals surface area (Å²) >= 11 is 0. The van der Waals surface area contributed by atoms with Crippen molar-refractivity contribution in [1.29, 1.82) is 0 Å². The van der Waals surface area contributed by atoms with E-state index in [0.29, 0.717) is 0 Å². The molecule has 0 atom stereocenters. The van der Waals surface area contributed by atoms with Gasteiger partial charge >= 0.3 is 0 Å². The minimum absolute atomic E-state index is 0.885. The molecule has 0 saturated heterocycles. The van der Waals surface area contributed by atoms with Crippen molar-refractivity contribution in [3.8, 4) is 0 Å². The van der Waals surface area contributed by atoms with Crippen molar-refractivity contribution in [2.24, 2.45) is 0 Å². The van der Waals surface area contributed by atoms with E-state index in [1.165, 1.54) is 57.9 Å². The van der Waals surface area contributed by atoms with Gasteiger partial charge in [-0.2, -0.15) is 0 Å². The fourth-order valence-corrected chi connectivity index (χ4v) is 1.65. The highest BCUT2D eigenvalue weighted by Crippen LogP contribution is 2.17. The van der Waals surface area contributed by atoms with Crippen LogP contribution < -0.4 is 5.32 Å². The summed E-state index contributed by atoms with van der Waals surface area (Å²) in [6.07, 6.45) is 11.3. The summed E-state index contributed by atoms with van der Waals surface area (Å²) in [5, 5.41) is 3.60. The molecule has 1 heteroatoms. The van der Waals surface area contributed by atoms with Crippen LogP contribution in [-0.2, 0) is 0 Å². The first-order valence-corrected chi connectivity index (χ1v) is 5.67. The molecule has 0 heterocycles. The predicted octanol–water partition coefficient (Wildman–Crippen LogP) is 3.10. The average Bonchev–Trinajstić information content (AvgIpc) is 2.00. The van der Waals surface area contributed by atoms with Gasteiger partial charge in [-0.05, 0) is 25.8 Å². The maximum Gasteiger partial charge on any atom is 0.00670 e. The third-order valence-electron chi connectivity index (χ3n) is 2.82. The quantitative estimate of drug-likeness (QED) is 0.577. The molecule has 1 rings (SSSR count). The van der Waals surface area contributed by atoms with Gasteiger partial charge in [-0.3, -0.25) is 0 Å². The highest BCUT2D eigenvalue weighted by Gasteiger charge is 2.15. The standard InChI is InChI=1S/C11H23N/c1-2-3-4-5-6-10-12-11-8-7-9-11/h11-12H,2-10H2,1H3. The maximum atomic E-state index is 3.60. The zero-order valence-corrected chi connectivity index (χ0v) is 8.44. The molecule has 12 heavy (non-hydrogen) atoms. The van der Waals surface area contributed by atoms with E-state index in [9.17, 15) is 0 Å². The largest absolute Gasteiger partial charge is 0.314 e. The second-order valence-corrected chi connectivity index (χ2v) is 4.00. The summed E-state index contributed by atoms with van der Waals surface area (Å²) < 4.78 is 0. The Morgan fingerprint density at radius 1 is 1.08 bits per heavy atom. The van der Waals surface area contributed by atoms with Crippen LogP contribution in [0.1, 0.15) is 58.3 Å². The molecule has 1 aliphatic carbocycles. The van der Waals surface area contributed by atoms with E-state index in [1.54, 1.807) is 0 Å². The minimum Gasteiger partial charge on any atom is -0.314 e. The maximum absolute atomic E-state index is 3.60. The van der Waals surface area contributed by atoms with Crippen molar-refractivity contribution in [2.75, 3.05) is 6.54 Å².